The van der Waals surface area contributed by atoms with Gasteiger partial charge >= 0.3 is 6.09 Å². The van der Waals surface area contributed by atoms with E-state index in [-0.39, 0.29) is 6.09 Å². The van der Waals surface area contributed by atoms with Crippen molar-refractivity contribution in [3.63, 3.8) is 0 Å². The summed E-state index contributed by atoms with van der Waals surface area (Å²) in [4.78, 5) is 14.1. The second-order valence-corrected chi connectivity index (χ2v) is 7.35. The number of amides is 1. The predicted octanol–water partition coefficient (Wildman–Crippen LogP) is 4.85. The smallest absolute Gasteiger partial charge is 0.410 e. The van der Waals surface area contributed by atoms with Crippen molar-refractivity contribution < 1.29 is 9.53 Å². The summed E-state index contributed by atoms with van der Waals surface area (Å²) in [5.41, 5.74) is 8.81. The molecule has 1 aromatic heterocycles. The van der Waals surface area contributed by atoms with E-state index in [0.717, 1.165) is 29.3 Å². The van der Waals surface area contributed by atoms with Gasteiger partial charge in [0.15, 0.2) is 0 Å². The molecule has 2 N–H and O–H groups in total. The van der Waals surface area contributed by atoms with E-state index in [2.05, 4.69) is 10.8 Å². The number of likely N-dealkylation sites (tertiary alicyclic amines) is 1. The number of piperidine rings is 1. The molecule has 3 aromatic rings. The number of aromatic nitrogens is 1. The number of nitrogens with two attached hydrogens (primary N) is 1. The van der Waals surface area contributed by atoms with Crippen LogP contribution in [0, 0.1) is 0 Å². The van der Waals surface area contributed by atoms with Gasteiger partial charge < -0.3 is 19.9 Å². The Labute approximate surface area is 163 Å². The number of nitrogen functional groups attached to an aromatic ring is 1. The zero-order valence-electron chi connectivity index (χ0n) is 15.0. The van der Waals surface area contributed by atoms with Crippen molar-refractivity contribution in [2.24, 2.45) is 0 Å². The van der Waals surface area contributed by atoms with E-state index in [9.17, 15) is 4.79 Å². The van der Waals surface area contributed by atoms with Gasteiger partial charge in [-0.05, 0) is 36.6 Å². The summed E-state index contributed by atoms with van der Waals surface area (Å²) in [6, 6.07) is 15.8. The van der Waals surface area contributed by atoms with Gasteiger partial charge in [-0.2, -0.15) is 0 Å². The minimum atomic E-state index is -0.248. The molecule has 6 heteroatoms. The molecule has 0 saturated carbocycles. The molecule has 140 valence electrons. The van der Waals surface area contributed by atoms with Crippen LogP contribution in [0.5, 0.6) is 0 Å². The number of carbonyl (C=O) groups excluding carboxylic acids is 1. The molecule has 2 heterocycles. The zero-order valence-corrected chi connectivity index (χ0v) is 15.7. The van der Waals surface area contributed by atoms with Crippen LogP contribution in [0.3, 0.4) is 0 Å². The summed E-state index contributed by atoms with van der Waals surface area (Å²) in [5, 5.41) is 1.66. The molecule has 4 rings (SSSR count). The molecule has 0 bridgehead atoms. The lowest BCUT2D eigenvalue weighted by atomic mass is 10.0. The first-order valence-corrected chi connectivity index (χ1v) is 9.51. The maximum absolute atomic E-state index is 12.3. The maximum Gasteiger partial charge on any atom is 0.410 e. The summed E-state index contributed by atoms with van der Waals surface area (Å²) in [5.74, 6) is 0. The largest absolute Gasteiger partial charge is 0.445 e. The van der Waals surface area contributed by atoms with E-state index in [1.807, 2.05) is 42.5 Å². The van der Waals surface area contributed by atoms with Gasteiger partial charge in [-0.1, -0.05) is 41.9 Å². The van der Waals surface area contributed by atoms with Crippen molar-refractivity contribution in [1.82, 2.24) is 9.47 Å². The highest BCUT2D eigenvalue weighted by Crippen LogP contribution is 2.32. The summed E-state index contributed by atoms with van der Waals surface area (Å²) in [7, 11) is 0. The number of rotatable bonds is 3. The van der Waals surface area contributed by atoms with Gasteiger partial charge in [0.05, 0.1) is 5.52 Å². The number of benzene rings is 2. The SMILES string of the molecule is Nc1cc(Cl)cc2c1ccn2C1CCN(C(=O)OCc2ccccc2)CC1. The molecular weight excluding hydrogens is 362 g/mol. The number of nitrogens with zero attached hydrogens (tertiary/aromatic N) is 2. The van der Waals surface area contributed by atoms with Crippen LogP contribution < -0.4 is 5.73 Å². The molecule has 1 aliphatic heterocycles. The van der Waals surface area contributed by atoms with Crippen molar-refractivity contribution >= 4 is 34.3 Å². The number of ether oxygens (including phenoxy) is 1. The lowest BCUT2D eigenvalue weighted by Crippen LogP contribution is -2.39. The standard InChI is InChI=1S/C21H22ClN3O2/c22-16-12-19(23)18-8-11-25(20(18)13-16)17-6-9-24(10-7-17)21(26)27-14-15-4-2-1-3-5-15/h1-5,8,11-13,17H,6-7,9-10,14,23H2. The van der Waals surface area contributed by atoms with Gasteiger partial charge in [-0.25, -0.2) is 4.79 Å². The summed E-state index contributed by atoms with van der Waals surface area (Å²) < 4.78 is 7.67. The highest BCUT2D eigenvalue weighted by atomic mass is 35.5. The third-order valence-corrected chi connectivity index (χ3v) is 5.37. The third kappa shape index (κ3) is 3.74. The average molecular weight is 384 g/mol. The molecule has 0 radical (unpaired) electrons. The van der Waals surface area contributed by atoms with Crippen LogP contribution in [0.2, 0.25) is 5.02 Å². The second-order valence-electron chi connectivity index (χ2n) is 6.91. The molecular formula is C21H22ClN3O2. The highest BCUT2D eigenvalue weighted by Gasteiger charge is 2.25. The van der Waals surface area contributed by atoms with E-state index < -0.39 is 0 Å². The lowest BCUT2D eigenvalue weighted by Gasteiger charge is -2.32. The van der Waals surface area contributed by atoms with E-state index >= 15 is 0 Å². The fourth-order valence-corrected chi connectivity index (χ4v) is 3.93. The summed E-state index contributed by atoms with van der Waals surface area (Å²) in [6.07, 6.45) is 3.56. The van der Waals surface area contributed by atoms with Crippen molar-refractivity contribution in [3.05, 3.63) is 65.3 Å². The Hall–Kier alpha value is -2.66. The Balaban J connectivity index is 1.38. The van der Waals surface area contributed by atoms with Gasteiger partial charge in [0.1, 0.15) is 6.61 Å². The molecule has 0 spiro atoms. The minimum absolute atomic E-state index is 0.248. The van der Waals surface area contributed by atoms with Crippen LogP contribution in [-0.4, -0.2) is 28.6 Å². The third-order valence-electron chi connectivity index (χ3n) is 5.16. The monoisotopic (exact) mass is 383 g/mol. The fourth-order valence-electron chi connectivity index (χ4n) is 3.71. The Morgan fingerprint density at radius 3 is 2.63 bits per heavy atom. The van der Waals surface area contributed by atoms with E-state index in [4.69, 9.17) is 22.1 Å². The van der Waals surface area contributed by atoms with Gasteiger partial charge in [0.2, 0.25) is 0 Å². The van der Waals surface area contributed by atoms with Crippen molar-refractivity contribution in [2.45, 2.75) is 25.5 Å². The molecule has 1 amide bonds. The van der Waals surface area contributed by atoms with Gasteiger partial charge in [0, 0.05) is 41.4 Å². The molecule has 27 heavy (non-hydrogen) atoms. The Kier molecular flexibility index (Phi) is 4.94. The lowest BCUT2D eigenvalue weighted by molar-refractivity contribution is 0.0834. The molecule has 1 saturated heterocycles. The number of hydrogen-bond acceptors (Lipinski definition) is 3. The molecule has 1 fully saturated rings. The number of anilines is 1. The molecule has 0 aliphatic carbocycles. The second kappa shape index (κ2) is 7.53. The van der Waals surface area contributed by atoms with Crippen molar-refractivity contribution in [1.29, 1.82) is 0 Å². The highest BCUT2D eigenvalue weighted by molar-refractivity contribution is 6.31. The van der Waals surface area contributed by atoms with Crippen LogP contribution in [0.4, 0.5) is 10.5 Å². The predicted molar refractivity (Wildman–Crippen MR) is 108 cm³/mol. The van der Waals surface area contributed by atoms with E-state index in [1.165, 1.54) is 0 Å². The number of carbonyl (C=O) groups is 1. The first-order valence-electron chi connectivity index (χ1n) is 9.13. The van der Waals surface area contributed by atoms with Gasteiger partial charge in [-0.3, -0.25) is 0 Å². The first kappa shape index (κ1) is 17.7. The Morgan fingerprint density at radius 1 is 1.15 bits per heavy atom. The molecule has 2 aromatic carbocycles. The normalized spacial score (nSPS) is 15.2. The van der Waals surface area contributed by atoms with Crippen LogP contribution in [0.15, 0.2) is 54.7 Å². The molecule has 1 aliphatic rings. The van der Waals surface area contributed by atoms with Crippen molar-refractivity contribution in [3.8, 4) is 0 Å². The summed E-state index contributed by atoms with van der Waals surface area (Å²) in [6.45, 7) is 1.65. The van der Waals surface area contributed by atoms with Gasteiger partial charge in [0.25, 0.3) is 0 Å². The number of halogens is 1. The topological polar surface area (TPSA) is 60.5 Å². The number of hydrogen-bond donors (Lipinski definition) is 1. The van der Waals surface area contributed by atoms with E-state index in [1.54, 1.807) is 11.0 Å². The van der Waals surface area contributed by atoms with E-state index in [0.29, 0.717) is 36.4 Å². The first-order chi connectivity index (χ1) is 13.1. The summed E-state index contributed by atoms with van der Waals surface area (Å²) >= 11 is 6.18. The minimum Gasteiger partial charge on any atom is -0.445 e. The zero-order chi connectivity index (χ0) is 18.8. The fraction of sp³-hybridized carbons (Fsp3) is 0.286. The average Bonchev–Trinajstić information content (AvgIpc) is 3.11. The Morgan fingerprint density at radius 2 is 1.89 bits per heavy atom. The van der Waals surface area contributed by atoms with Crippen LogP contribution >= 0.6 is 11.6 Å². The molecule has 0 unspecified atom stereocenters. The molecule has 5 nitrogen and oxygen atoms in total. The number of fused-ring (bicyclic) bond motifs is 1. The van der Waals surface area contributed by atoms with Crippen LogP contribution in [-0.2, 0) is 11.3 Å². The quantitative estimate of drug-likeness (QED) is 0.657. The Bertz CT molecular complexity index is 947. The van der Waals surface area contributed by atoms with Crippen LogP contribution in [0.1, 0.15) is 24.4 Å². The van der Waals surface area contributed by atoms with Gasteiger partial charge in [-0.15, -0.1) is 0 Å². The van der Waals surface area contributed by atoms with Crippen LogP contribution in [0.25, 0.3) is 10.9 Å². The van der Waals surface area contributed by atoms with Crippen molar-refractivity contribution in [2.75, 3.05) is 18.8 Å². The molecule has 0 atom stereocenters. The maximum atomic E-state index is 12.3.